The Bertz CT molecular complexity index is 1250. The molecule has 0 radical (unpaired) electrons. The fraction of sp³-hybridized carbons (Fsp3) is 0.355. The van der Waals surface area contributed by atoms with Crippen LogP contribution in [0.5, 0.6) is 0 Å². The van der Waals surface area contributed by atoms with Crippen molar-refractivity contribution < 1.29 is 13.6 Å². The van der Waals surface area contributed by atoms with E-state index < -0.39 is 11.6 Å². The summed E-state index contributed by atoms with van der Waals surface area (Å²) in [5.74, 6) is -0.406. The fourth-order valence-electron chi connectivity index (χ4n) is 4.09. The quantitative estimate of drug-likeness (QED) is 0.130. The van der Waals surface area contributed by atoms with Gasteiger partial charge in [-0.15, -0.1) is 0 Å². The average molecular weight is 598 g/mol. The van der Waals surface area contributed by atoms with Gasteiger partial charge in [-0.3, -0.25) is 14.9 Å². The number of carbonyl (C=O) groups is 1. The van der Waals surface area contributed by atoms with Crippen molar-refractivity contribution in [2.24, 2.45) is 5.92 Å². The van der Waals surface area contributed by atoms with Gasteiger partial charge in [0.05, 0.1) is 16.7 Å². The van der Waals surface area contributed by atoms with E-state index >= 15 is 0 Å². The maximum absolute atomic E-state index is 14.1. The number of hydrogen-bond acceptors (Lipinski definition) is 7. The smallest absolute Gasteiger partial charge is 0.259 e. The van der Waals surface area contributed by atoms with E-state index in [1.54, 1.807) is 18.5 Å². The highest BCUT2D eigenvalue weighted by atomic mass is 32.2. The summed E-state index contributed by atoms with van der Waals surface area (Å²) in [6.45, 7) is 10.3. The second-order valence-corrected chi connectivity index (χ2v) is 10.8. The van der Waals surface area contributed by atoms with Gasteiger partial charge in [0.25, 0.3) is 5.91 Å². The second kappa shape index (κ2) is 19.3. The molecule has 0 saturated carbocycles. The molecule has 4 N–H and O–H groups in total. The molecule has 1 amide bonds. The summed E-state index contributed by atoms with van der Waals surface area (Å²) in [7, 11) is 0. The van der Waals surface area contributed by atoms with Crippen molar-refractivity contribution in [3.8, 4) is 0 Å². The summed E-state index contributed by atoms with van der Waals surface area (Å²) in [5.41, 5.74) is 1.49. The van der Waals surface area contributed by atoms with Crippen molar-refractivity contribution in [2.45, 2.75) is 57.4 Å². The second-order valence-electron chi connectivity index (χ2n) is 9.62. The molecule has 226 valence electrons. The zero-order valence-electron chi connectivity index (χ0n) is 24.4. The Morgan fingerprint density at radius 1 is 1.26 bits per heavy atom. The van der Waals surface area contributed by atoms with E-state index in [2.05, 4.69) is 68.9 Å². The molecule has 0 spiro atoms. The average Bonchev–Trinajstić information content (AvgIpc) is 3.12. The highest BCUT2D eigenvalue weighted by Crippen LogP contribution is 2.31. The van der Waals surface area contributed by atoms with Gasteiger partial charge in [-0.05, 0) is 88.4 Å². The molecule has 1 atom stereocenters. The molecule has 8 nitrogen and oxygen atoms in total. The predicted molar refractivity (Wildman–Crippen MR) is 166 cm³/mol. The Morgan fingerprint density at radius 2 is 2.02 bits per heavy atom. The summed E-state index contributed by atoms with van der Waals surface area (Å²) < 4.78 is 29.4. The summed E-state index contributed by atoms with van der Waals surface area (Å²) in [6, 6.07) is 5.34. The van der Waals surface area contributed by atoms with Crippen LogP contribution >= 0.6 is 11.9 Å². The molecule has 1 aliphatic rings. The summed E-state index contributed by atoms with van der Waals surface area (Å²) in [5, 5.41) is 18.6. The number of nitrogens with one attached hydrogen (secondary N) is 4. The number of aromatic amines is 1. The number of H-pyrrole nitrogens is 1. The van der Waals surface area contributed by atoms with Crippen molar-refractivity contribution in [2.75, 3.05) is 13.1 Å². The Labute approximate surface area is 251 Å². The van der Waals surface area contributed by atoms with Crippen LogP contribution in [0.25, 0.3) is 0 Å². The van der Waals surface area contributed by atoms with Gasteiger partial charge in [0.1, 0.15) is 17.5 Å². The lowest BCUT2D eigenvalue weighted by molar-refractivity contribution is 0.0962. The highest BCUT2D eigenvalue weighted by Gasteiger charge is 2.21. The van der Waals surface area contributed by atoms with Crippen molar-refractivity contribution >= 4 is 24.6 Å². The lowest BCUT2D eigenvalue weighted by Crippen LogP contribution is -2.36. The van der Waals surface area contributed by atoms with Crippen LogP contribution < -0.4 is 10.6 Å². The van der Waals surface area contributed by atoms with E-state index in [1.807, 2.05) is 13.0 Å². The number of carbonyl (C=O) groups excluding carboxylic acids is 1. The van der Waals surface area contributed by atoms with Crippen molar-refractivity contribution in [1.82, 2.24) is 30.1 Å². The summed E-state index contributed by atoms with van der Waals surface area (Å²) in [6.07, 6.45) is 18.0. The first kappa shape index (κ1) is 34.4. The molecule has 42 heavy (non-hydrogen) atoms. The van der Waals surface area contributed by atoms with E-state index in [-0.39, 0.29) is 11.9 Å². The predicted octanol–water partition coefficient (Wildman–Crippen LogP) is 6.74. The van der Waals surface area contributed by atoms with Gasteiger partial charge in [0, 0.05) is 43.8 Å². The van der Waals surface area contributed by atoms with Gasteiger partial charge in [-0.2, -0.15) is 5.10 Å². The Hall–Kier alpha value is -3.83. The third kappa shape index (κ3) is 12.8. The highest BCUT2D eigenvalue weighted by molar-refractivity contribution is 7.97. The zero-order valence-corrected chi connectivity index (χ0v) is 25.3. The maximum atomic E-state index is 14.1. The number of allylic oxidation sites excluding steroid dienone is 4. The van der Waals surface area contributed by atoms with E-state index in [0.717, 1.165) is 44.8 Å². The molecule has 1 aliphatic heterocycles. The number of piperidine rings is 1. The monoisotopic (exact) mass is 597 g/mol. The molecule has 11 heteroatoms. The van der Waals surface area contributed by atoms with Gasteiger partial charge in [0.15, 0.2) is 0 Å². The molecule has 3 rings (SSSR count). The van der Waals surface area contributed by atoms with Crippen LogP contribution in [0.3, 0.4) is 0 Å². The zero-order chi connectivity index (χ0) is 30.7. The van der Waals surface area contributed by atoms with Gasteiger partial charge >= 0.3 is 0 Å². The number of aromatic nitrogens is 3. The first-order valence-electron chi connectivity index (χ1n) is 13.9. The SMILES string of the molecule is C=N.CC/C=C(C)\C=C/C(C)N/C(=C\CC1CCN(Sc2ccc(F)cc2F)CC1)NC(=O)c1cnccc[nH]nc1. The minimum Gasteiger partial charge on any atom is -0.366 e. The largest absolute Gasteiger partial charge is 0.366 e. The number of nitrogens with zero attached hydrogens (tertiary/aromatic N) is 3. The van der Waals surface area contributed by atoms with Gasteiger partial charge < -0.3 is 16.0 Å². The van der Waals surface area contributed by atoms with Gasteiger partial charge in [-0.1, -0.05) is 30.7 Å². The summed E-state index contributed by atoms with van der Waals surface area (Å²) in [4.78, 5) is 17.6. The first-order chi connectivity index (χ1) is 20.3. The Morgan fingerprint density at radius 3 is 2.74 bits per heavy atom. The molecular weight excluding hydrogens is 556 g/mol. The van der Waals surface area contributed by atoms with Gasteiger partial charge in [0.2, 0.25) is 0 Å². The van der Waals surface area contributed by atoms with Crippen LogP contribution in [0.2, 0.25) is 0 Å². The van der Waals surface area contributed by atoms with E-state index in [9.17, 15) is 13.6 Å². The molecule has 2 aromatic rings. The number of hydrogen-bond donors (Lipinski definition) is 4. The summed E-state index contributed by atoms with van der Waals surface area (Å²) >= 11 is 1.33. The standard InChI is InChI=1S/C30H38F2N6OS.CH3N/c1-4-6-22(2)7-8-23(3)36-29(37-30(39)25-20-33-15-5-16-34-35-21-25)12-9-24-13-17-38(18-14-24)40-28-11-10-26(31)19-27(28)32;1-2/h5-8,10-12,15-16,19-21,23-24,34,36H,4,9,13-14,17-18H2,1-3H3,(H,37,39);2H,1H2/b8-7-,16-5?,22-6-,25-20?,29-12+,33-15?,35-21?;. The van der Waals surface area contributed by atoms with Crippen LogP contribution in [-0.4, -0.2) is 51.2 Å². The van der Waals surface area contributed by atoms with E-state index in [0.29, 0.717) is 22.2 Å². The molecule has 1 aromatic carbocycles. The minimum absolute atomic E-state index is 0.0253. The molecule has 1 saturated heterocycles. The number of benzene rings is 1. The van der Waals surface area contributed by atoms with E-state index in [4.69, 9.17) is 5.41 Å². The fourth-order valence-corrected chi connectivity index (χ4v) is 5.04. The Kier molecular flexibility index (Phi) is 15.8. The van der Waals surface area contributed by atoms with Crippen LogP contribution in [0.15, 0.2) is 89.6 Å². The Balaban J connectivity index is 0.00000301. The van der Waals surface area contributed by atoms with Crippen LogP contribution in [0.4, 0.5) is 8.78 Å². The number of halogens is 2. The molecule has 1 unspecified atom stereocenters. The third-order valence-corrected chi connectivity index (χ3v) is 7.40. The lowest BCUT2D eigenvalue weighted by atomic mass is 9.94. The van der Waals surface area contributed by atoms with Crippen LogP contribution in [0.1, 0.15) is 56.8 Å². The number of rotatable bonds is 11. The first-order valence-corrected chi connectivity index (χ1v) is 14.6. The lowest BCUT2D eigenvalue weighted by Gasteiger charge is -2.30. The molecular formula is C31H41F2N7OS. The molecule has 0 aliphatic carbocycles. The van der Waals surface area contributed by atoms with Crippen LogP contribution in [-0.2, 0) is 0 Å². The maximum Gasteiger partial charge on any atom is 0.259 e. The third-order valence-electron chi connectivity index (χ3n) is 6.25. The normalized spacial score (nSPS) is 15.4. The molecule has 1 aromatic heterocycles. The minimum atomic E-state index is -0.573. The van der Waals surface area contributed by atoms with Crippen molar-refractivity contribution in [1.29, 1.82) is 5.41 Å². The molecule has 2 heterocycles. The number of amides is 1. The molecule has 1 fully saturated rings. The topological polar surface area (TPSA) is 110 Å². The van der Waals surface area contributed by atoms with Crippen molar-refractivity contribution in [3.63, 3.8) is 0 Å². The van der Waals surface area contributed by atoms with Crippen LogP contribution in [0, 0.1) is 23.0 Å². The van der Waals surface area contributed by atoms with Crippen molar-refractivity contribution in [3.05, 3.63) is 102 Å². The van der Waals surface area contributed by atoms with Gasteiger partial charge in [-0.25, -0.2) is 13.1 Å². The molecule has 0 bridgehead atoms. The van der Waals surface area contributed by atoms with E-state index in [1.165, 1.54) is 42.0 Å².